The highest BCUT2D eigenvalue weighted by Crippen LogP contribution is 2.29. The lowest BCUT2D eigenvalue weighted by molar-refractivity contribution is 0.254. The van der Waals surface area contributed by atoms with Crippen LogP contribution in [0.15, 0.2) is 28.7 Å². The fourth-order valence-corrected chi connectivity index (χ4v) is 2.79. The van der Waals surface area contributed by atoms with E-state index in [-0.39, 0.29) is 0 Å². The van der Waals surface area contributed by atoms with E-state index in [4.69, 9.17) is 0 Å². The lowest BCUT2D eigenvalue weighted by Crippen LogP contribution is -2.56. The van der Waals surface area contributed by atoms with Gasteiger partial charge in [-0.15, -0.1) is 0 Å². The van der Waals surface area contributed by atoms with Gasteiger partial charge in [-0.2, -0.15) is 0 Å². The molecule has 1 unspecified atom stereocenters. The Bertz CT molecular complexity index is 384. The highest BCUT2D eigenvalue weighted by atomic mass is 79.9. The highest BCUT2D eigenvalue weighted by Gasteiger charge is 2.29. The lowest BCUT2D eigenvalue weighted by Gasteiger charge is -2.41. The molecule has 3 heteroatoms. The Labute approximate surface area is 113 Å². The smallest absolute Gasteiger partial charge is 0.0511 e. The Morgan fingerprint density at radius 1 is 1.29 bits per heavy atom. The summed E-state index contributed by atoms with van der Waals surface area (Å²) in [4.78, 5) is 2.47. The van der Waals surface area contributed by atoms with Gasteiger partial charge in [0.2, 0.25) is 0 Å². The largest absolute Gasteiger partial charge is 0.368 e. The van der Waals surface area contributed by atoms with Gasteiger partial charge in [-0.05, 0) is 33.5 Å². The van der Waals surface area contributed by atoms with Gasteiger partial charge >= 0.3 is 0 Å². The van der Waals surface area contributed by atoms with Gasteiger partial charge in [-0.3, -0.25) is 0 Å². The van der Waals surface area contributed by atoms with Crippen LogP contribution in [0.5, 0.6) is 0 Å². The number of anilines is 1. The maximum Gasteiger partial charge on any atom is 0.0511 e. The molecular formula is C14H21BrN2. The molecule has 0 saturated carbocycles. The van der Waals surface area contributed by atoms with Crippen molar-refractivity contribution in [1.29, 1.82) is 0 Å². The second-order valence-electron chi connectivity index (χ2n) is 5.77. The van der Waals surface area contributed by atoms with Gasteiger partial charge in [-0.1, -0.05) is 32.9 Å². The molecule has 1 aromatic rings. The third-order valence-corrected chi connectivity index (χ3v) is 4.08. The molecule has 17 heavy (non-hydrogen) atoms. The van der Waals surface area contributed by atoms with E-state index in [1.165, 1.54) is 10.2 Å². The normalized spacial score (nSPS) is 21.6. The summed E-state index contributed by atoms with van der Waals surface area (Å²) >= 11 is 3.64. The summed E-state index contributed by atoms with van der Waals surface area (Å²) in [5.41, 5.74) is 1.61. The molecule has 1 N–H and O–H groups in total. The SMILES string of the molecule is CC(C)(C)C1CN(c2ccccc2Br)CCN1. The van der Waals surface area contributed by atoms with Crippen molar-refractivity contribution in [2.75, 3.05) is 24.5 Å². The predicted octanol–water partition coefficient (Wildman–Crippen LogP) is 3.27. The summed E-state index contributed by atoms with van der Waals surface area (Å²) in [6.07, 6.45) is 0. The minimum absolute atomic E-state index is 0.305. The van der Waals surface area contributed by atoms with E-state index in [0.29, 0.717) is 11.5 Å². The Hall–Kier alpha value is -0.540. The van der Waals surface area contributed by atoms with Crippen LogP contribution in [0.2, 0.25) is 0 Å². The van der Waals surface area contributed by atoms with Crippen LogP contribution in [-0.2, 0) is 0 Å². The van der Waals surface area contributed by atoms with Crippen molar-refractivity contribution in [1.82, 2.24) is 5.32 Å². The standard InChI is InChI=1S/C14H21BrN2/c1-14(2,3)13-10-17(9-8-16-13)12-7-5-4-6-11(12)15/h4-7,13,16H,8-10H2,1-3H3. The summed E-state index contributed by atoms with van der Waals surface area (Å²) in [5.74, 6) is 0. The van der Waals surface area contributed by atoms with Gasteiger partial charge in [0, 0.05) is 30.1 Å². The fraction of sp³-hybridized carbons (Fsp3) is 0.571. The second kappa shape index (κ2) is 4.99. The monoisotopic (exact) mass is 296 g/mol. The number of hydrogen-bond donors (Lipinski definition) is 1. The number of nitrogens with zero attached hydrogens (tertiary/aromatic N) is 1. The molecule has 1 aromatic carbocycles. The summed E-state index contributed by atoms with van der Waals surface area (Å²) in [6, 6.07) is 9.02. The number of halogens is 1. The molecule has 2 nitrogen and oxygen atoms in total. The molecule has 1 atom stereocenters. The Balaban J connectivity index is 2.15. The number of piperazine rings is 1. The molecule has 1 aliphatic rings. The Kier molecular flexibility index (Phi) is 3.79. The minimum atomic E-state index is 0.305. The molecule has 1 saturated heterocycles. The van der Waals surface area contributed by atoms with Crippen LogP contribution in [0.3, 0.4) is 0 Å². The van der Waals surface area contributed by atoms with Crippen molar-refractivity contribution in [3.8, 4) is 0 Å². The first kappa shape index (κ1) is 12.9. The molecule has 0 spiro atoms. The van der Waals surface area contributed by atoms with Gasteiger partial charge in [0.25, 0.3) is 0 Å². The van der Waals surface area contributed by atoms with Gasteiger partial charge in [-0.25, -0.2) is 0 Å². The number of benzene rings is 1. The third-order valence-electron chi connectivity index (χ3n) is 3.41. The predicted molar refractivity (Wildman–Crippen MR) is 77.6 cm³/mol. The van der Waals surface area contributed by atoms with Crippen LogP contribution >= 0.6 is 15.9 Å². The van der Waals surface area contributed by atoms with Gasteiger partial charge in [0.15, 0.2) is 0 Å². The summed E-state index contributed by atoms with van der Waals surface area (Å²) in [6.45, 7) is 10.1. The van der Waals surface area contributed by atoms with Crippen LogP contribution < -0.4 is 10.2 Å². The zero-order valence-corrected chi connectivity index (χ0v) is 12.4. The molecular weight excluding hydrogens is 276 g/mol. The van der Waals surface area contributed by atoms with Crippen molar-refractivity contribution >= 4 is 21.6 Å². The van der Waals surface area contributed by atoms with Crippen molar-refractivity contribution < 1.29 is 0 Å². The first-order chi connectivity index (χ1) is 7.98. The van der Waals surface area contributed by atoms with Crippen LogP contribution in [-0.4, -0.2) is 25.7 Å². The molecule has 2 rings (SSSR count). The average Bonchev–Trinajstić information content (AvgIpc) is 2.29. The van der Waals surface area contributed by atoms with Crippen LogP contribution in [0.4, 0.5) is 5.69 Å². The van der Waals surface area contributed by atoms with E-state index in [9.17, 15) is 0 Å². The first-order valence-electron chi connectivity index (χ1n) is 6.21. The molecule has 94 valence electrons. The number of para-hydroxylation sites is 1. The molecule has 1 fully saturated rings. The van der Waals surface area contributed by atoms with Crippen LogP contribution in [0.1, 0.15) is 20.8 Å². The second-order valence-corrected chi connectivity index (χ2v) is 6.62. The fourth-order valence-electron chi connectivity index (χ4n) is 2.26. The van der Waals surface area contributed by atoms with Gasteiger partial charge in [0.1, 0.15) is 0 Å². The van der Waals surface area contributed by atoms with E-state index in [0.717, 1.165) is 19.6 Å². The van der Waals surface area contributed by atoms with E-state index in [2.05, 4.69) is 71.2 Å². The van der Waals surface area contributed by atoms with Crippen molar-refractivity contribution in [3.63, 3.8) is 0 Å². The zero-order chi connectivity index (χ0) is 12.5. The summed E-state index contributed by atoms with van der Waals surface area (Å²) in [7, 11) is 0. The van der Waals surface area contributed by atoms with Crippen molar-refractivity contribution in [2.45, 2.75) is 26.8 Å². The lowest BCUT2D eigenvalue weighted by atomic mass is 9.85. The quantitative estimate of drug-likeness (QED) is 0.856. The molecule has 0 radical (unpaired) electrons. The van der Waals surface area contributed by atoms with Crippen LogP contribution in [0.25, 0.3) is 0 Å². The highest BCUT2D eigenvalue weighted by molar-refractivity contribution is 9.10. The Morgan fingerprint density at radius 3 is 2.65 bits per heavy atom. The van der Waals surface area contributed by atoms with E-state index in [1.54, 1.807) is 0 Å². The van der Waals surface area contributed by atoms with Crippen molar-refractivity contribution in [2.24, 2.45) is 5.41 Å². The van der Waals surface area contributed by atoms with Crippen molar-refractivity contribution in [3.05, 3.63) is 28.7 Å². The zero-order valence-electron chi connectivity index (χ0n) is 10.8. The molecule has 0 aromatic heterocycles. The number of nitrogens with one attached hydrogen (secondary N) is 1. The maximum absolute atomic E-state index is 3.64. The molecule has 1 heterocycles. The number of hydrogen-bond acceptors (Lipinski definition) is 2. The average molecular weight is 297 g/mol. The molecule has 0 amide bonds. The van der Waals surface area contributed by atoms with Crippen LogP contribution in [0, 0.1) is 5.41 Å². The molecule has 1 aliphatic heterocycles. The van der Waals surface area contributed by atoms with E-state index in [1.807, 2.05) is 0 Å². The topological polar surface area (TPSA) is 15.3 Å². The minimum Gasteiger partial charge on any atom is -0.368 e. The van der Waals surface area contributed by atoms with E-state index < -0.39 is 0 Å². The Morgan fingerprint density at radius 2 is 2.00 bits per heavy atom. The van der Waals surface area contributed by atoms with Gasteiger partial charge in [0.05, 0.1) is 5.69 Å². The van der Waals surface area contributed by atoms with Gasteiger partial charge < -0.3 is 10.2 Å². The first-order valence-corrected chi connectivity index (χ1v) is 7.00. The summed E-state index contributed by atoms with van der Waals surface area (Å²) < 4.78 is 1.19. The summed E-state index contributed by atoms with van der Waals surface area (Å²) in [5, 5.41) is 3.62. The molecule has 0 aliphatic carbocycles. The maximum atomic E-state index is 3.64. The van der Waals surface area contributed by atoms with E-state index >= 15 is 0 Å². The third kappa shape index (κ3) is 3.02. The molecule has 0 bridgehead atoms. The number of rotatable bonds is 1.